The molecular weight excluding hydrogens is 425 g/mol. The number of ether oxygens (including phenoxy) is 1. The maximum Gasteiger partial charge on any atom is 0.304 e. The maximum atomic E-state index is 15.3. The average molecular weight is 450 g/mol. The molecule has 2 unspecified atom stereocenters. The van der Waals surface area contributed by atoms with Crippen molar-refractivity contribution in [2.45, 2.75) is 43.7 Å². The number of fused-ring (bicyclic) bond motifs is 8. The molecule has 2 heterocycles. The summed E-state index contributed by atoms with van der Waals surface area (Å²) >= 11 is 1.61. The zero-order chi connectivity index (χ0) is 22.4. The van der Waals surface area contributed by atoms with Crippen molar-refractivity contribution in [1.82, 2.24) is 4.31 Å². The Morgan fingerprint density at radius 2 is 1.94 bits per heavy atom. The van der Waals surface area contributed by atoms with E-state index in [1.54, 1.807) is 11.9 Å². The van der Waals surface area contributed by atoms with Gasteiger partial charge in [0.2, 0.25) is 0 Å². The summed E-state index contributed by atoms with van der Waals surface area (Å²) in [4.78, 5) is 12.8. The smallest absolute Gasteiger partial charge is 0.304 e. The van der Waals surface area contributed by atoms with Crippen LogP contribution in [0.1, 0.15) is 51.8 Å². The number of aliphatic carboxylic acids is 1. The summed E-state index contributed by atoms with van der Waals surface area (Å²) in [5.74, 6) is -0.827. The van der Waals surface area contributed by atoms with Crippen LogP contribution in [0.3, 0.4) is 0 Å². The minimum Gasteiger partial charge on any atom is -0.483 e. The van der Waals surface area contributed by atoms with Crippen molar-refractivity contribution in [3.05, 3.63) is 93.8 Å². The highest BCUT2D eigenvalue weighted by atomic mass is 32.2. The summed E-state index contributed by atoms with van der Waals surface area (Å²) in [6.07, 6.45) is -0.561. The molecule has 3 atom stereocenters. The first-order chi connectivity index (χ1) is 15.4. The van der Waals surface area contributed by atoms with E-state index in [9.17, 15) is 9.90 Å². The molecule has 0 spiro atoms. The van der Waals surface area contributed by atoms with Crippen molar-refractivity contribution in [3.8, 4) is 5.75 Å². The van der Waals surface area contributed by atoms with Crippen LogP contribution in [-0.4, -0.2) is 21.9 Å². The van der Waals surface area contributed by atoms with Gasteiger partial charge in [-0.25, -0.2) is 8.70 Å². The number of aryl methyl sites for hydroxylation is 2. The number of rotatable bonds is 2. The van der Waals surface area contributed by atoms with Crippen LogP contribution in [0.4, 0.5) is 4.39 Å². The third-order valence-corrected chi connectivity index (χ3v) is 7.39. The van der Waals surface area contributed by atoms with Gasteiger partial charge in [0.05, 0.1) is 17.9 Å². The minimum atomic E-state index is -0.878. The third kappa shape index (κ3) is 3.89. The van der Waals surface area contributed by atoms with Gasteiger partial charge in [-0.1, -0.05) is 30.3 Å². The van der Waals surface area contributed by atoms with Gasteiger partial charge in [0.1, 0.15) is 17.7 Å². The molecule has 5 rings (SSSR count). The zero-order valence-electron chi connectivity index (χ0n) is 18.0. The number of hydrogen-bond acceptors (Lipinski definition) is 4. The van der Waals surface area contributed by atoms with E-state index < -0.39 is 12.1 Å². The number of halogens is 1. The second-order valence-corrected chi connectivity index (χ2v) is 9.67. The molecule has 2 aliphatic rings. The lowest BCUT2D eigenvalue weighted by molar-refractivity contribution is -0.137. The average Bonchev–Trinajstić information content (AvgIpc) is 2.93. The van der Waals surface area contributed by atoms with Gasteiger partial charge in [-0.05, 0) is 77.9 Å². The van der Waals surface area contributed by atoms with E-state index in [1.165, 1.54) is 6.07 Å². The van der Waals surface area contributed by atoms with Crippen LogP contribution in [0, 0.1) is 19.7 Å². The molecule has 4 nitrogen and oxygen atoms in total. The Hall–Kier alpha value is -2.83. The molecule has 6 bridgehead atoms. The second-order valence-electron chi connectivity index (χ2n) is 8.53. The van der Waals surface area contributed by atoms with E-state index in [2.05, 4.69) is 23.4 Å². The molecule has 164 valence electrons. The second kappa shape index (κ2) is 8.26. The van der Waals surface area contributed by atoms with Gasteiger partial charge in [-0.15, -0.1) is 0 Å². The highest BCUT2D eigenvalue weighted by Gasteiger charge is 2.31. The topological polar surface area (TPSA) is 49.8 Å². The number of hydrogen-bond donors (Lipinski definition) is 1. The van der Waals surface area contributed by atoms with Crippen LogP contribution in [0.2, 0.25) is 0 Å². The maximum absolute atomic E-state index is 15.3. The molecule has 0 radical (unpaired) electrons. The molecule has 3 aromatic rings. The van der Waals surface area contributed by atoms with Crippen molar-refractivity contribution >= 4 is 17.9 Å². The Morgan fingerprint density at radius 3 is 2.75 bits per heavy atom. The van der Waals surface area contributed by atoms with E-state index in [0.29, 0.717) is 18.7 Å². The molecule has 0 saturated carbocycles. The fourth-order valence-corrected chi connectivity index (χ4v) is 5.65. The van der Waals surface area contributed by atoms with Crippen LogP contribution >= 0.6 is 11.9 Å². The fraction of sp³-hybridized carbons (Fsp3) is 0.269. The molecule has 0 saturated heterocycles. The molecule has 0 fully saturated rings. The van der Waals surface area contributed by atoms with Crippen LogP contribution in [0.15, 0.2) is 59.5 Å². The molecular formula is C26H24FNO3S. The lowest BCUT2D eigenvalue weighted by atomic mass is 9.83. The Morgan fingerprint density at radius 1 is 1.12 bits per heavy atom. The molecule has 32 heavy (non-hydrogen) atoms. The number of benzene rings is 3. The lowest BCUT2D eigenvalue weighted by Crippen LogP contribution is -2.24. The first-order valence-corrected chi connectivity index (χ1v) is 11.5. The first kappa shape index (κ1) is 21.0. The van der Waals surface area contributed by atoms with Crippen molar-refractivity contribution in [1.29, 1.82) is 0 Å². The number of para-hydroxylation sites is 1. The van der Waals surface area contributed by atoms with Gasteiger partial charge in [0.15, 0.2) is 0 Å². The molecule has 1 N–H and O–H groups in total. The molecule has 0 amide bonds. The molecule has 0 aromatic heterocycles. The summed E-state index contributed by atoms with van der Waals surface area (Å²) in [6.45, 7) is 5.07. The van der Waals surface area contributed by atoms with Crippen molar-refractivity contribution in [2.75, 3.05) is 6.54 Å². The Kier molecular flexibility index (Phi) is 5.43. The third-order valence-electron chi connectivity index (χ3n) is 6.32. The SMILES string of the molecule is Cc1ccc2cc1CN1C[C@H](Oc3ccccc3S1)c1cc(c(C)cc1F)C2CC(=O)O. The summed E-state index contributed by atoms with van der Waals surface area (Å²) in [6, 6.07) is 17.3. The van der Waals surface area contributed by atoms with E-state index >= 15 is 4.39 Å². The fourth-order valence-electron chi connectivity index (χ4n) is 4.61. The van der Waals surface area contributed by atoms with Crippen molar-refractivity contribution in [2.24, 2.45) is 0 Å². The van der Waals surface area contributed by atoms with Gasteiger partial charge in [-0.3, -0.25) is 4.79 Å². The number of nitrogens with zero attached hydrogens (tertiary/aromatic N) is 1. The molecule has 3 aromatic carbocycles. The highest BCUT2D eigenvalue weighted by molar-refractivity contribution is 7.97. The standard InChI is InChI=1S/C26H24FNO3S/c1-15-7-8-17-10-18(15)13-28-14-24(31-23-5-3-4-6-25(23)32-28)21-11-19(16(2)9-22(21)27)20(17)12-26(29)30/h3-11,20,24H,12-14H2,1-2H3,(H,29,30)/t20?,24-/m0/s1. The number of carbonyl (C=O) groups is 1. The minimum absolute atomic E-state index is 0.0543. The summed E-state index contributed by atoms with van der Waals surface area (Å²) < 4.78 is 23.8. The quantitative estimate of drug-likeness (QED) is 0.486. The highest BCUT2D eigenvalue weighted by Crippen LogP contribution is 2.43. The van der Waals surface area contributed by atoms with Gasteiger partial charge in [-0.2, -0.15) is 0 Å². The predicted molar refractivity (Wildman–Crippen MR) is 122 cm³/mol. The van der Waals surface area contributed by atoms with Crippen molar-refractivity contribution in [3.63, 3.8) is 0 Å². The summed E-state index contributed by atoms with van der Waals surface area (Å²) in [5, 5.41) is 9.66. The predicted octanol–water partition coefficient (Wildman–Crippen LogP) is 6.01. The lowest BCUT2D eigenvalue weighted by Gasteiger charge is -2.24. The zero-order valence-corrected chi connectivity index (χ0v) is 18.8. The Balaban J connectivity index is 1.75. The van der Waals surface area contributed by atoms with Gasteiger partial charge in [0, 0.05) is 18.0 Å². The van der Waals surface area contributed by atoms with Gasteiger partial charge < -0.3 is 9.84 Å². The van der Waals surface area contributed by atoms with E-state index in [-0.39, 0.29) is 18.2 Å². The normalized spacial score (nSPS) is 21.5. The van der Waals surface area contributed by atoms with Gasteiger partial charge in [0.25, 0.3) is 0 Å². The number of carboxylic acids is 1. The molecule has 6 heteroatoms. The van der Waals surface area contributed by atoms with E-state index in [0.717, 1.165) is 38.5 Å². The monoisotopic (exact) mass is 449 g/mol. The Labute approximate surface area is 191 Å². The van der Waals surface area contributed by atoms with Crippen LogP contribution in [-0.2, 0) is 11.3 Å². The molecule has 2 aliphatic heterocycles. The van der Waals surface area contributed by atoms with Crippen LogP contribution < -0.4 is 4.74 Å². The van der Waals surface area contributed by atoms with Crippen LogP contribution in [0.25, 0.3) is 0 Å². The summed E-state index contributed by atoms with van der Waals surface area (Å²) in [5.41, 5.74) is 5.27. The number of carboxylic acid groups (broad SMARTS) is 1. The molecule has 0 aliphatic carbocycles. The Bertz CT molecular complexity index is 1210. The summed E-state index contributed by atoms with van der Waals surface area (Å²) in [7, 11) is 0. The first-order valence-electron chi connectivity index (χ1n) is 10.7. The van der Waals surface area contributed by atoms with E-state index in [1.807, 2.05) is 43.3 Å². The van der Waals surface area contributed by atoms with Gasteiger partial charge >= 0.3 is 5.97 Å². The van der Waals surface area contributed by atoms with Crippen molar-refractivity contribution < 1.29 is 19.0 Å². The van der Waals surface area contributed by atoms with Crippen LogP contribution in [0.5, 0.6) is 5.75 Å². The van der Waals surface area contributed by atoms with E-state index in [4.69, 9.17) is 4.74 Å². The largest absolute Gasteiger partial charge is 0.483 e.